The van der Waals surface area contributed by atoms with Gasteiger partial charge < -0.3 is 10.0 Å². The number of carbonyl (C=O) groups excluding carboxylic acids is 1. The largest absolute Gasteiger partial charge is 0.477 e. The Morgan fingerprint density at radius 1 is 1.07 bits per heavy atom. The first kappa shape index (κ1) is 29.2. The van der Waals surface area contributed by atoms with E-state index in [1.54, 1.807) is 6.07 Å². The van der Waals surface area contributed by atoms with Gasteiger partial charge in [-0.15, -0.1) is 11.3 Å². The van der Waals surface area contributed by atoms with E-state index in [4.69, 9.17) is 0 Å². The number of hydrogen-bond acceptors (Lipinski definition) is 6. The number of carboxylic acid groups (broad SMARTS) is 1. The van der Waals surface area contributed by atoms with Gasteiger partial charge in [0, 0.05) is 17.6 Å². The molecular formula is C28H28F3N3O5S2. The van der Waals surface area contributed by atoms with Crippen LogP contribution in [0.1, 0.15) is 53.0 Å². The lowest BCUT2D eigenvalue weighted by Crippen LogP contribution is -2.60. The van der Waals surface area contributed by atoms with Gasteiger partial charge in [0.05, 0.1) is 18.3 Å². The summed E-state index contributed by atoms with van der Waals surface area (Å²) >= 11 is 1.05. The number of pyridine rings is 1. The molecule has 1 saturated carbocycles. The summed E-state index contributed by atoms with van der Waals surface area (Å²) < 4.78 is 66.9. The van der Waals surface area contributed by atoms with E-state index < -0.39 is 51.3 Å². The van der Waals surface area contributed by atoms with Crippen LogP contribution in [0.2, 0.25) is 0 Å². The minimum absolute atomic E-state index is 0.0158. The quantitative estimate of drug-likeness (QED) is 0.378. The van der Waals surface area contributed by atoms with Crippen molar-refractivity contribution in [2.75, 3.05) is 18.0 Å². The minimum atomic E-state index is -4.73. The molecular weight excluding hydrogens is 579 g/mol. The molecule has 3 heterocycles. The van der Waals surface area contributed by atoms with Gasteiger partial charge in [0.1, 0.15) is 15.5 Å². The first-order valence-corrected chi connectivity index (χ1v) is 15.4. The number of hydrogen-bond donors (Lipinski definition) is 1. The summed E-state index contributed by atoms with van der Waals surface area (Å²) in [5, 5.41) is 10.1. The van der Waals surface area contributed by atoms with Crippen molar-refractivity contribution in [2.24, 2.45) is 5.92 Å². The first-order chi connectivity index (χ1) is 19.4. The number of piperazine rings is 1. The highest BCUT2D eigenvalue weighted by Gasteiger charge is 2.44. The SMILES string of the molecule is Cc1ccc(-c2cc(N3C(=O)CN(S(=O)(=O)c4ccc(C(F)(F)F)nc4)CC3C3CCCCC3)c(C(=O)O)s2)cc1. The number of aryl methyl sites for hydroxylation is 1. The molecule has 1 N–H and O–H groups in total. The van der Waals surface area contributed by atoms with E-state index in [0.29, 0.717) is 17.1 Å². The van der Waals surface area contributed by atoms with Crippen LogP contribution >= 0.6 is 11.3 Å². The van der Waals surface area contributed by atoms with Gasteiger partial charge in [-0.3, -0.25) is 9.78 Å². The number of carbonyl (C=O) groups is 2. The lowest BCUT2D eigenvalue weighted by atomic mass is 9.82. The highest BCUT2D eigenvalue weighted by molar-refractivity contribution is 7.89. The Kier molecular flexibility index (Phi) is 7.96. The van der Waals surface area contributed by atoms with Crippen molar-refractivity contribution in [1.82, 2.24) is 9.29 Å². The summed E-state index contributed by atoms with van der Waals surface area (Å²) in [4.78, 5) is 31.0. The second-order valence-corrected chi connectivity index (χ2v) is 13.4. The van der Waals surface area contributed by atoms with Gasteiger partial charge in [-0.2, -0.15) is 17.5 Å². The molecule has 0 bridgehead atoms. The maximum atomic E-state index is 13.8. The number of sulfonamides is 1. The molecule has 2 aliphatic rings. The van der Waals surface area contributed by atoms with Crippen molar-refractivity contribution in [3.8, 4) is 10.4 Å². The van der Waals surface area contributed by atoms with Crippen LogP contribution in [0.4, 0.5) is 18.9 Å². The molecule has 0 radical (unpaired) electrons. The van der Waals surface area contributed by atoms with Crippen LogP contribution in [-0.2, 0) is 21.0 Å². The summed E-state index contributed by atoms with van der Waals surface area (Å²) in [5.41, 5.74) is 0.844. The predicted octanol–water partition coefficient (Wildman–Crippen LogP) is 5.82. The fraction of sp³-hybridized carbons (Fsp3) is 0.393. The second-order valence-electron chi connectivity index (χ2n) is 10.4. The third-order valence-electron chi connectivity index (χ3n) is 7.66. The molecule has 2 fully saturated rings. The maximum absolute atomic E-state index is 13.8. The van der Waals surface area contributed by atoms with E-state index in [1.165, 1.54) is 4.90 Å². The summed E-state index contributed by atoms with van der Waals surface area (Å²) in [6.45, 7) is 1.24. The van der Waals surface area contributed by atoms with E-state index in [9.17, 15) is 36.3 Å². The van der Waals surface area contributed by atoms with Crippen molar-refractivity contribution >= 4 is 38.9 Å². The number of nitrogens with zero attached hydrogens (tertiary/aromatic N) is 3. The molecule has 218 valence electrons. The lowest BCUT2D eigenvalue weighted by molar-refractivity contribution is -0.141. The van der Waals surface area contributed by atoms with Crippen molar-refractivity contribution < 1.29 is 36.3 Å². The minimum Gasteiger partial charge on any atom is -0.477 e. The van der Waals surface area contributed by atoms with Crippen molar-refractivity contribution in [2.45, 2.75) is 56.1 Å². The average molecular weight is 608 g/mol. The average Bonchev–Trinajstić information content (AvgIpc) is 3.38. The van der Waals surface area contributed by atoms with Gasteiger partial charge in [-0.1, -0.05) is 49.1 Å². The number of halogens is 3. The van der Waals surface area contributed by atoms with E-state index in [-0.39, 0.29) is 23.0 Å². The number of benzene rings is 1. The van der Waals surface area contributed by atoms with Crippen LogP contribution in [0.3, 0.4) is 0 Å². The van der Waals surface area contributed by atoms with Crippen LogP contribution in [0.15, 0.2) is 53.6 Å². The van der Waals surface area contributed by atoms with Crippen LogP contribution in [0.5, 0.6) is 0 Å². The molecule has 13 heteroatoms. The summed E-state index contributed by atoms with van der Waals surface area (Å²) in [5.74, 6) is -1.86. The van der Waals surface area contributed by atoms with Gasteiger partial charge >= 0.3 is 12.1 Å². The van der Waals surface area contributed by atoms with Crippen LogP contribution in [0.25, 0.3) is 10.4 Å². The zero-order chi connectivity index (χ0) is 29.5. The van der Waals surface area contributed by atoms with Gasteiger partial charge in [-0.05, 0) is 49.4 Å². The Labute approximate surface area is 239 Å². The number of aromatic carboxylic acids is 1. The molecule has 8 nitrogen and oxygen atoms in total. The number of amides is 1. The zero-order valence-corrected chi connectivity index (χ0v) is 23.7. The van der Waals surface area contributed by atoms with Crippen molar-refractivity contribution in [3.05, 3.63) is 64.8 Å². The van der Waals surface area contributed by atoms with Gasteiger partial charge in [-0.25, -0.2) is 13.2 Å². The first-order valence-electron chi connectivity index (χ1n) is 13.2. The van der Waals surface area contributed by atoms with Crippen LogP contribution in [0, 0.1) is 12.8 Å². The molecule has 0 spiro atoms. The molecule has 1 saturated heterocycles. The third kappa shape index (κ3) is 5.88. The number of anilines is 1. The molecule has 1 amide bonds. The van der Waals surface area contributed by atoms with Crippen LogP contribution < -0.4 is 4.90 Å². The Morgan fingerprint density at radius 3 is 2.34 bits per heavy atom. The Hall–Kier alpha value is -3.29. The topological polar surface area (TPSA) is 108 Å². The number of carboxylic acids is 1. The van der Waals surface area contributed by atoms with Gasteiger partial charge in [0.2, 0.25) is 15.9 Å². The van der Waals surface area contributed by atoms with E-state index in [1.807, 2.05) is 31.2 Å². The standard InChI is InChI=1S/C28H28F3N3O5S2/c1-17-7-9-19(10-8-17)23-13-21(26(40-23)27(36)37)34-22(18-5-3-2-4-6-18)15-33(16-25(34)35)41(38,39)20-11-12-24(32-14-20)28(29,30)31/h7-14,18,22H,2-6,15-16H2,1H3,(H,36,37). The molecule has 41 heavy (non-hydrogen) atoms. The zero-order valence-electron chi connectivity index (χ0n) is 22.1. The van der Waals surface area contributed by atoms with Crippen molar-refractivity contribution in [1.29, 1.82) is 0 Å². The van der Waals surface area contributed by atoms with Gasteiger partial charge in [0.15, 0.2) is 0 Å². The summed E-state index contributed by atoms with van der Waals surface area (Å²) in [6.07, 6.45) is 0.192. The maximum Gasteiger partial charge on any atom is 0.433 e. The van der Waals surface area contributed by atoms with E-state index >= 15 is 0 Å². The molecule has 5 rings (SSSR count). The van der Waals surface area contributed by atoms with E-state index in [0.717, 1.165) is 64.9 Å². The molecule has 1 aliphatic heterocycles. The fourth-order valence-corrected chi connectivity index (χ4v) is 7.91. The highest BCUT2D eigenvalue weighted by atomic mass is 32.2. The second kappa shape index (κ2) is 11.2. The normalized spacial score (nSPS) is 19.5. The monoisotopic (exact) mass is 607 g/mol. The number of alkyl halides is 3. The smallest absolute Gasteiger partial charge is 0.433 e. The molecule has 2 aromatic heterocycles. The molecule has 1 atom stereocenters. The number of thiophene rings is 1. The van der Waals surface area contributed by atoms with Crippen LogP contribution in [-0.4, -0.2) is 53.8 Å². The molecule has 3 aromatic rings. The Morgan fingerprint density at radius 2 is 1.76 bits per heavy atom. The molecule has 1 aliphatic carbocycles. The Balaban J connectivity index is 1.53. The third-order valence-corrected chi connectivity index (χ3v) is 10.6. The molecule has 1 aromatic carbocycles. The van der Waals surface area contributed by atoms with Gasteiger partial charge in [0.25, 0.3) is 0 Å². The predicted molar refractivity (Wildman–Crippen MR) is 147 cm³/mol. The lowest BCUT2D eigenvalue weighted by Gasteiger charge is -2.44. The number of rotatable bonds is 6. The Bertz CT molecular complexity index is 1550. The fourth-order valence-electron chi connectivity index (χ4n) is 5.57. The summed E-state index contributed by atoms with van der Waals surface area (Å²) in [7, 11) is -4.36. The number of aromatic nitrogens is 1. The highest BCUT2D eigenvalue weighted by Crippen LogP contribution is 2.42. The summed E-state index contributed by atoms with van der Waals surface area (Å²) in [6, 6.07) is 10.0. The molecule has 1 unspecified atom stereocenters. The van der Waals surface area contributed by atoms with E-state index in [2.05, 4.69) is 4.98 Å². The van der Waals surface area contributed by atoms with Crippen molar-refractivity contribution in [3.63, 3.8) is 0 Å².